The Bertz CT molecular complexity index is 1030. The molecule has 7 nitrogen and oxygen atoms in total. The van der Waals surface area contributed by atoms with Gasteiger partial charge in [0.25, 0.3) is 11.8 Å². The van der Waals surface area contributed by atoms with Crippen molar-refractivity contribution in [3.8, 4) is 5.75 Å². The standard InChI is InChI=1S/C22H21N3O4S/c1-2-29-18-10-4-3-9-17(18)21(27)23-14-20(26)24-15-7-5-8-16(13-15)25-22(28)19-11-6-12-30-19/h3-13H,2,14H2,1H3,(H,23,27)(H,24,26)(H,25,28). The van der Waals surface area contributed by atoms with E-state index in [1.165, 1.54) is 11.3 Å². The first-order chi connectivity index (χ1) is 14.6. The fourth-order valence-corrected chi connectivity index (χ4v) is 3.29. The van der Waals surface area contributed by atoms with Crippen molar-refractivity contribution in [2.75, 3.05) is 23.8 Å². The Morgan fingerprint density at radius 2 is 1.67 bits per heavy atom. The van der Waals surface area contributed by atoms with Gasteiger partial charge in [-0.05, 0) is 48.7 Å². The van der Waals surface area contributed by atoms with E-state index in [1.807, 2.05) is 12.3 Å². The molecule has 0 radical (unpaired) electrons. The number of carbonyl (C=O) groups is 3. The summed E-state index contributed by atoms with van der Waals surface area (Å²) in [4.78, 5) is 37.3. The van der Waals surface area contributed by atoms with Gasteiger partial charge in [0.05, 0.1) is 23.6 Å². The van der Waals surface area contributed by atoms with Crippen LogP contribution in [-0.2, 0) is 4.79 Å². The Morgan fingerprint density at radius 1 is 0.900 bits per heavy atom. The summed E-state index contributed by atoms with van der Waals surface area (Å²) in [5, 5.41) is 9.90. The molecule has 0 saturated carbocycles. The number of nitrogens with one attached hydrogen (secondary N) is 3. The molecule has 30 heavy (non-hydrogen) atoms. The molecule has 3 amide bonds. The Kier molecular flexibility index (Phi) is 7.18. The van der Waals surface area contributed by atoms with E-state index in [0.717, 1.165) is 0 Å². The van der Waals surface area contributed by atoms with E-state index in [0.29, 0.717) is 34.2 Å². The molecule has 1 heterocycles. The largest absolute Gasteiger partial charge is 0.493 e. The van der Waals surface area contributed by atoms with Gasteiger partial charge >= 0.3 is 0 Å². The highest BCUT2D eigenvalue weighted by molar-refractivity contribution is 7.12. The fraction of sp³-hybridized carbons (Fsp3) is 0.136. The number of hydrogen-bond donors (Lipinski definition) is 3. The maximum absolute atomic E-state index is 12.4. The zero-order chi connectivity index (χ0) is 21.3. The van der Waals surface area contributed by atoms with E-state index in [4.69, 9.17) is 4.74 Å². The number of anilines is 2. The Labute approximate surface area is 178 Å². The highest BCUT2D eigenvalue weighted by atomic mass is 32.1. The Hall–Kier alpha value is -3.65. The summed E-state index contributed by atoms with van der Waals surface area (Å²) in [5.41, 5.74) is 1.43. The van der Waals surface area contributed by atoms with Crippen LogP contribution in [0.3, 0.4) is 0 Å². The quantitative estimate of drug-likeness (QED) is 0.514. The predicted octanol–water partition coefficient (Wildman–Crippen LogP) is 3.77. The van der Waals surface area contributed by atoms with E-state index >= 15 is 0 Å². The van der Waals surface area contributed by atoms with Crippen LogP contribution in [0.2, 0.25) is 0 Å². The third-order valence-electron chi connectivity index (χ3n) is 3.99. The summed E-state index contributed by atoms with van der Waals surface area (Å²) in [6.07, 6.45) is 0. The SMILES string of the molecule is CCOc1ccccc1C(=O)NCC(=O)Nc1cccc(NC(=O)c2cccs2)c1. The topological polar surface area (TPSA) is 96.5 Å². The molecule has 0 unspecified atom stereocenters. The van der Waals surface area contributed by atoms with Gasteiger partial charge in [-0.2, -0.15) is 0 Å². The van der Waals surface area contributed by atoms with Gasteiger partial charge in [0.1, 0.15) is 5.75 Å². The van der Waals surface area contributed by atoms with Crippen molar-refractivity contribution in [3.63, 3.8) is 0 Å². The van der Waals surface area contributed by atoms with Crippen LogP contribution in [0, 0.1) is 0 Å². The third kappa shape index (κ3) is 5.68. The summed E-state index contributed by atoms with van der Waals surface area (Å²) in [7, 11) is 0. The normalized spacial score (nSPS) is 10.2. The van der Waals surface area contributed by atoms with Crippen molar-refractivity contribution in [2.45, 2.75) is 6.92 Å². The molecule has 0 saturated heterocycles. The van der Waals surface area contributed by atoms with Crippen LogP contribution in [0.5, 0.6) is 5.75 Å². The predicted molar refractivity (Wildman–Crippen MR) is 117 cm³/mol. The van der Waals surface area contributed by atoms with Gasteiger partial charge in [0.2, 0.25) is 5.91 Å². The van der Waals surface area contributed by atoms with Crippen molar-refractivity contribution in [3.05, 3.63) is 76.5 Å². The summed E-state index contributed by atoms with van der Waals surface area (Å²) in [6.45, 7) is 2.06. The molecule has 0 atom stereocenters. The van der Waals surface area contributed by atoms with Gasteiger partial charge in [-0.25, -0.2) is 0 Å². The molecule has 2 aromatic carbocycles. The Morgan fingerprint density at radius 3 is 2.40 bits per heavy atom. The molecule has 0 bridgehead atoms. The minimum atomic E-state index is -0.397. The van der Waals surface area contributed by atoms with Crippen LogP contribution in [-0.4, -0.2) is 30.9 Å². The van der Waals surface area contributed by atoms with E-state index in [2.05, 4.69) is 16.0 Å². The molecule has 154 valence electrons. The molecule has 0 fully saturated rings. The monoisotopic (exact) mass is 423 g/mol. The molecule has 3 aromatic rings. The first kappa shape index (κ1) is 21.1. The van der Waals surface area contributed by atoms with Crippen LogP contribution in [0.15, 0.2) is 66.0 Å². The molecule has 0 spiro atoms. The van der Waals surface area contributed by atoms with Crippen LogP contribution in [0.25, 0.3) is 0 Å². The summed E-state index contributed by atoms with van der Waals surface area (Å²) in [6, 6.07) is 17.2. The number of carbonyl (C=O) groups excluding carboxylic acids is 3. The maximum atomic E-state index is 12.4. The van der Waals surface area contributed by atoms with Crippen molar-refractivity contribution >= 4 is 40.4 Å². The second kappa shape index (κ2) is 10.2. The first-order valence-electron chi connectivity index (χ1n) is 9.31. The molecular weight excluding hydrogens is 402 g/mol. The lowest BCUT2D eigenvalue weighted by molar-refractivity contribution is -0.115. The smallest absolute Gasteiger partial charge is 0.265 e. The number of rotatable bonds is 8. The minimum Gasteiger partial charge on any atom is -0.493 e. The van der Waals surface area contributed by atoms with Crippen LogP contribution in [0.4, 0.5) is 11.4 Å². The molecule has 3 N–H and O–H groups in total. The van der Waals surface area contributed by atoms with Crippen molar-refractivity contribution in [1.82, 2.24) is 5.32 Å². The van der Waals surface area contributed by atoms with Crippen LogP contribution in [0.1, 0.15) is 27.0 Å². The molecule has 1 aromatic heterocycles. The maximum Gasteiger partial charge on any atom is 0.265 e. The van der Waals surface area contributed by atoms with Crippen molar-refractivity contribution in [1.29, 1.82) is 0 Å². The molecule has 3 rings (SSSR count). The molecular formula is C22H21N3O4S. The zero-order valence-electron chi connectivity index (χ0n) is 16.3. The highest BCUT2D eigenvalue weighted by Gasteiger charge is 2.13. The van der Waals surface area contributed by atoms with Gasteiger partial charge in [0, 0.05) is 11.4 Å². The van der Waals surface area contributed by atoms with Gasteiger partial charge in [-0.15, -0.1) is 11.3 Å². The highest BCUT2D eigenvalue weighted by Crippen LogP contribution is 2.19. The van der Waals surface area contributed by atoms with Gasteiger partial charge in [-0.3, -0.25) is 14.4 Å². The van der Waals surface area contributed by atoms with E-state index < -0.39 is 5.91 Å². The molecule has 0 aliphatic carbocycles. The van der Waals surface area contributed by atoms with Crippen LogP contribution >= 0.6 is 11.3 Å². The number of para-hydroxylation sites is 1. The summed E-state index contributed by atoms with van der Waals surface area (Å²) >= 11 is 1.35. The van der Waals surface area contributed by atoms with E-state index in [1.54, 1.807) is 60.7 Å². The molecule has 8 heteroatoms. The van der Waals surface area contributed by atoms with Gasteiger partial charge in [-0.1, -0.05) is 24.3 Å². The number of thiophene rings is 1. The lowest BCUT2D eigenvalue weighted by atomic mass is 10.2. The number of hydrogen-bond acceptors (Lipinski definition) is 5. The lowest BCUT2D eigenvalue weighted by Gasteiger charge is -2.11. The second-order valence-corrected chi connectivity index (χ2v) is 7.12. The molecule has 0 aliphatic rings. The lowest BCUT2D eigenvalue weighted by Crippen LogP contribution is -2.33. The minimum absolute atomic E-state index is 0.203. The third-order valence-corrected chi connectivity index (χ3v) is 4.86. The van der Waals surface area contributed by atoms with Gasteiger partial charge in [0.15, 0.2) is 0 Å². The summed E-state index contributed by atoms with van der Waals surface area (Å²) in [5.74, 6) is -0.536. The fourth-order valence-electron chi connectivity index (χ4n) is 2.67. The van der Waals surface area contributed by atoms with Crippen molar-refractivity contribution < 1.29 is 19.1 Å². The van der Waals surface area contributed by atoms with E-state index in [9.17, 15) is 14.4 Å². The van der Waals surface area contributed by atoms with E-state index in [-0.39, 0.29) is 18.4 Å². The number of benzene rings is 2. The Balaban J connectivity index is 1.55. The average Bonchev–Trinajstić information content (AvgIpc) is 3.28. The average molecular weight is 423 g/mol. The number of amides is 3. The first-order valence-corrected chi connectivity index (χ1v) is 10.2. The zero-order valence-corrected chi connectivity index (χ0v) is 17.1. The summed E-state index contributed by atoms with van der Waals surface area (Å²) < 4.78 is 5.44. The molecule has 0 aliphatic heterocycles. The van der Waals surface area contributed by atoms with Gasteiger partial charge < -0.3 is 20.7 Å². The number of ether oxygens (including phenoxy) is 1. The second-order valence-electron chi connectivity index (χ2n) is 6.17. The van der Waals surface area contributed by atoms with Crippen LogP contribution < -0.4 is 20.7 Å². The van der Waals surface area contributed by atoms with Crippen molar-refractivity contribution in [2.24, 2.45) is 0 Å².